The standard InChI is InChI=1S/C20H30O3/c1-6-7-18(21)17-11-14(2)10-15(3)16(17)8-9-19-22-12-20(4,5)13-23-19/h8-11,18-19,21H,6-7,12-13H2,1-5H3. The van der Waals surface area contributed by atoms with Crippen LogP contribution in [0.4, 0.5) is 0 Å². The summed E-state index contributed by atoms with van der Waals surface area (Å²) in [7, 11) is 0. The van der Waals surface area contributed by atoms with Gasteiger partial charge in [0.1, 0.15) is 0 Å². The van der Waals surface area contributed by atoms with Gasteiger partial charge in [0.2, 0.25) is 0 Å². The fraction of sp³-hybridized carbons (Fsp3) is 0.600. The number of hydrogen-bond donors (Lipinski definition) is 1. The summed E-state index contributed by atoms with van der Waals surface area (Å²) < 4.78 is 11.5. The smallest absolute Gasteiger partial charge is 0.177 e. The molecule has 3 heteroatoms. The van der Waals surface area contributed by atoms with Crippen molar-refractivity contribution in [1.82, 2.24) is 0 Å². The Kier molecular flexibility index (Phi) is 6.01. The van der Waals surface area contributed by atoms with Crippen LogP contribution in [0.3, 0.4) is 0 Å². The molecule has 1 fully saturated rings. The maximum absolute atomic E-state index is 10.5. The second kappa shape index (κ2) is 7.61. The third-order valence-electron chi connectivity index (χ3n) is 4.18. The summed E-state index contributed by atoms with van der Waals surface area (Å²) in [5.41, 5.74) is 4.50. The highest BCUT2D eigenvalue weighted by Crippen LogP contribution is 2.29. The first-order chi connectivity index (χ1) is 10.8. The molecule has 2 rings (SSSR count). The molecule has 1 aliphatic rings. The SMILES string of the molecule is CCCC(O)c1cc(C)cc(C)c1C=CC1OCC(C)(C)CO1. The Morgan fingerprint density at radius 1 is 1.26 bits per heavy atom. The highest BCUT2D eigenvalue weighted by atomic mass is 16.7. The van der Waals surface area contributed by atoms with Gasteiger partial charge in [0.05, 0.1) is 19.3 Å². The van der Waals surface area contributed by atoms with Gasteiger partial charge in [-0.1, -0.05) is 51.0 Å². The van der Waals surface area contributed by atoms with Crippen molar-refractivity contribution in [3.63, 3.8) is 0 Å². The molecule has 0 radical (unpaired) electrons. The van der Waals surface area contributed by atoms with Gasteiger partial charge in [0, 0.05) is 5.41 Å². The molecular formula is C20H30O3. The summed E-state index contributed by atoms with van der Waals surface area (Å²) in [6.45, 7) is 11.9. The molecule has 1 saturated heterocycles. The molecule has 0 amide bonds. The van der Waals surface area contributed by atoms with E-state index in [0.29, 0.717) is 13.2 Å². The Morgan fingerprint density at radius 3 is 2.52 bits per heavy atom. The molecule has 1 N–H and O–H groups in total. The zero-order chi connectivity index (χ0) is 17.0. The van der Waals surface area contributed by atoms with E-state index in [1.165, 1.54) is 11.1 Å². The van der Waals surface area contributed by atoms with Crippen LogP contribution < -0.4 is 0 Å². The van der Waals surface area contributed by atoms with E-state index in [1.807, 2.05) is 12.2 Å². The molecule has 0 aromatic heterocycles. The molecule has 1 heterocycles. The summed E-state index contributed by atoms with van der Waals surface area (Å²) in [4.78, 5) is 0. The summed E-state index contributed by atoms with van der Waals surface area (Å²) in [6, 6.07) is 4.23. The van der Waals surface area contributed by atoms with Crippen LogP contribution in [0.25, 0.3) is 6.08 Å². The lowest BCUT2D eigenvalue weighted by Gasteiger charge is -2.33. The molecule has 1 aliphatic heterocycles. The molecular weight excluding hydrogens is 288 g/mol. The number of ether oxygens (including phenoxy) is 2. The Hall–Kier alpha value is -1.16. The van der Waals surface area contributed by atoms with Crippen LogP contribution >= 0.6 is 0 Å². The van der Waals surface area contributed by atoms with E-state index < -0.39 is 6.10 Å². The minimum Gasteiger partial charge on any atom is -0.388 e. The first-order valence-electron chi connectivity index (χ1n) is 8.53. The maximum atomic E-state index is 10.5. The molecule has 128 valence electrons. The van der Waals surface area contributed by atoms with Gasteiger partial charge in [-0.3, -0.25) is 0 Å². The quantitative estimate of drug-likeness (QED) is 0.865. The van der Waals surface area contributed by atoms with Gasteiger partial charge in [0.15, 0.2) is 6.29 Å². The van der Waals surface area contributed by atoms with E-state index in [-0.39, 0.29) is 11.7 Å². The lowest BCUT2D eigenvalue weighted by Crippen LogP contribution is -2.36. The highest BCUT2D eigenvalue weighted by Gasteiger charge is 2.27. The van der Waals surface area contributed by atoms with Crippen LogP contribution in [-0.4, -0.2) is 24.6 Å². The molecule has 0 spiro atoms. The predicted molar refractivity (Wildman–Crippen MR) is 94.3 cm³/mol. The molecule has 23 heavy (non-hydrogen) atoms. The first kappa shape index (κ1) is 18.2. The lowest BCUT2D eigenvalue weighted by molar-refractivity contribution is -0.197. The van der Waals surface area contributed by atoms with Crippen molar-refractivity contribution >= 4 is 6.08 Å². The van der Waals surface area contributed by atoms with E-state index in [4.69, 9.17) is 9.47 Å². The fourth-order valence-corrected chi connectivity index (χ4v) is 2.94. The summed E-state index contributed by atoms with van der Waals surface area (Å²) in [5, 5.41) is 10.5. The zero-order valence-electron chi connectivity index (χ0n) is 15.1. The van der Waals surface area contributed by atoms with E-state index in [1.54, 1.807) is 0 Å². The fourth-order valence-electron chi connectivity index (χ4n) is 2.94. The van der Waals surface area contributed by atoms with Crippen LogP contribution in [0.2, 0.25) is 0 Å². The molecule has 1 aromatic rings. The van der Waals surface area contributed by atoms with Gasteiger partial charge < -0.3 is 14.6 Å². The number of aliphatic hydroxyl groups excluding tert-OH is 1. The zero-order valence-corrected chi connectivity index (χ0v) is 15.1. The monoisotopic (exact) mass is 318 g/mol. The van der Waals surface area contributed by atoms with Crippen LogP contribution in [0, 0.1) is 19.3 Å². The summed E-state index contributed by atoms with van der Waals surface area (Å²) >= 11 is 0. The third-order valence-corrected chi connectivity index (χ3v) is 4.18. The Labute approximate surface area is 140 Å². The van der Waals surface area contributed by atoms with E-state index in [9.17, 15) is 5.11 Å². The van der Waals surface area contributed by atoms with Gasteiger partial charge in [-0.15, -0.1) is 0 Å². The predicted octanol–water partition coefficient (Wildman–Crippen LogP) is 4.55. The first-order valence-corrected chi connectivity index (χ1v) is 8.53. The average Bonchev–Trinajstić information content (AvgIpc) is 2.47. The summed E-state index contributed by atoms with van der Waals surface area (Å²) in [5.74, 6) is 0. The van der Waals surface area contributed by atoms with E-state index in [2.05, 4.69) is 46.8 Å². The number of aryl methyl sites for hydroxylation is 2. The average molecular weight is 318 g/mol. The number of hydrogen-bond acceptors (Lipinski definition) is 3. The van der Waals surface area contributed by atoms with Crippen LogP contribution in [-0.2, 0) is 9.47 Å². The Morgan fingerprint density at radius 2 is 1.91 bits per heavy atom. The lowest BCUT2D eigenvalue weighted by atomic mass is 9.93. The van der Waals surface area contributed by atoms with Gasteiger partial charge >= 0.3 is 0 Å². The third kappa shape index (κ3) is 4.90. The molecule has 1 atom stereocenters. The molecule has 0 saturated carbocycles. The minimum absolute atomic E-state index is 0.0760. The van der Waals surface area contributed by atoms with Crippen LogP contribution in [0.15, 0.2) is 18.2 Å². The topological polar surface area (TPSA) is 38.7 Å². The minimum atomic E-state index is -0.426. The second-order valence-electron chi connectivity index (χ2n) is 7.40. The Balaban J connectivity index is 2.20. The van der Waals surface area contributed by atoms with Gasteiger partial charge in [0.25, 0.3) is 0 Å². The van der Waals surface area contributed by atoms with Crippen molar-refractivity contribution in [3.05, 3.63) is 40.5 Å². The maximum Gasteiger partial charge on any atom is 0.177 e. The van der Waals surface area contributed by atoms with Crippen molar-refractivity contribution in [2.45, 2.75) is 59.9 Å². The van der Waals surface area contributed by atoms with Gasteiger partial charge in [-0.25, -0.2) is 0 Å². The second-order valence-corrected chi connectivity index (χ2v) is 7.40. The Bertz CT molecular complexity index is 550. The summed E-state index contributed by atoms with van der Waals surface area (Å²) in [6.07, 6.45) is 4.99. The van der Waals surface area contributed by atoms with Crippen LogP contribution in [0.5, 0.6) is 0 Å². The number of benzene rings is 1. The molecule has 1 aromatic carbocycles. The van der Waals surface area contributed by atoms with Gasteiger partial charge in [-0.05, 0) is 43.0 Å². The van der Waals surface area contributed by atoms with Crippen molar-refractivity contribution < 1.29 is 14.6 Å². The molecule has 3 nitrogen and oxygen atoms in total. The molecule has 0 bridgehead atoms. The largest absolute Gasteiger partial charge is 0.388 e. The van der Waals surface area contributed by atoms with Crippen molar-refractivity contribution in [3.8, 4) is 0 Å². The van der Waals surface area contributed by atoms with Gasteiger partial charge in [-0.2, -0.15) is 0 Å². The molecule has 0 aliphatic carbocycles. The van der Waals surface area contributed by atoms with Crippen molar-refractivity contribution in [1.29, 1.82) is 0 Å². The number of rotatable bonds is 5. The van der Waals surface area contributed by atoms with Crippen molar-refractivity contribution in [2.24, 2.45) is 5.41 Å². The van der Waals surface area contributed by atoms with E-state index in [0.717, 1.165) is 24.0 Å². The normalized spacial score (nSPS) is 20.1. The van der Waals surface area contributed by atoms with E-state index >= 15 is 0 Å². The molecule has 1 unspecified atom stereocenters. The highest BCUT2D eigenvalue weighted by molar-refractivity contribution is 5.59. The van der Waals surface area contributed by atoms with Crippen LogP contribution in [0.1, 0.15) is 62.0 Å². The number of aliphatic hydroxyl groups is 1. The van der Waals surface area contributed by atoms with Crippen molar-refractivity contribution in [2.75, 3.05) is 13.2 Å².